The van der Waals surface area contributed by atoms with Crippen molar-refractivity contribution in [2.24, 2.45) is 26.4 Å². The van der Waals surface area contributed by atoms with Gasteiger partial charge in [0, 0.05) is 0 Å². The van der Waals surface area contributed by atoms with Crippen molar-refractivity contribution >= 4 is 48.2 Å². The van der Waals surface area contributed by atoms with Gasteiger partial charge >= 0.3 is 0 Å². The Bertz CT molecular complexity index is 1080. The van der Waals surface area contributed by atoms with Crippen molar-refractivity contribution in [3.63, 3.8) is 0 Å². The van der Waals surface area contributed by atoms with Crippen molar-refractivity contribution in [3.8, 4) is 0 Å². The Hall–Kier alpha value is -2.70. The first kappa shape index (κ1) is 24.6. The van der Waals surface area contributed by atoms with Crippen molar-refractivity contribution in [1.82, 2.24) is 0 Å². The van der Waals surface area contributed by atoms with Gasteiger partial charge in [-0.25, -0.2) is 9.98 Å². The lowest BCUT2D eigenvalue weighted by Crippen LogP contribution is -2.44. The second-order valence-electron chi connectivity index (χ2n) is 8.57. The predicted molar refractivity (Wildman–Crippen MR) is 134 cm³/mol. The molecule has 6 nitrogen and oxygen atoms in total. The molecule has 0 radical (unpaired) electrons. The number of benzene rings is 2. The third-order valence-electron chi connectivity index (χ3n) is 5.59. The maximum Gasteiger partial charge on any atom is 0.219 e. The molecule has 2 aliphatic rings. The van der Waals surface area contributed by atoms with Crippen LogP contribution in [0, 0.1) is 5.41 Å². The third kappa shape index (κ3) is 4.23. The summed E-state index contributed by atoms with van der Waals surface area (Å²) >= 11 is 0. The van der Waals surface area contributed by atoms with Gasteiger partial charge in [-0.1, -0.05) is 69.3 Å². The van der Waals surface area contributed by atoms with Crippen LogP contribution in [-0.2, 0) is 17.4 Å². The molecule has 0 amide bonds. The average Bonchev–Trinajstić information content (AvgIpc) is 3.23. The van der Waals surface area contributed by atoms with Crippen molar-refractivity contribution in [2.75, 3.05) is 0 Å². The lowest BCUT2D eigenvalue weighted by Gasteiger charge is -2.26. The second-order valence-corrected chi connectivity index (χ2v) is 8.57. The summed E-state index contributed by atoms with van der Waals surface area (Å²) in [7, 11) is 0. The molecule has 164 valence electrons. The Balaban J connectivity index is 0.00000171. The number of rotatable bonds is 2. The molecule has 0 spiro atoms. The molecule has 1 atom stereocenters. The van der Waals surface area contributed by atoms with Crippen LogP contribution in [0.5, 0.6) is 0 Å². The molecule has 2 aromatic carbocycles. The lowest BCUT2D eigenvalue weighted by molar-refractivity contribution is 0.589. The topological polar surface area (TPSA) is 113 Å². The van der Waals surface area contributed by atoms with Gasteiger partial charge in [0.25, 0.3) is 0 Å². The maximum atomic E-state index is 8.36. The summed E-state index contributed by atoms with van der Waals surface area (Å²) in [5, 5.41) is 8.36. The van der Waals surface area contributed by atoms with Crippen LogP contribution in [0.15, 0.2) is 63.5 Å². The normalized spacial score (nSPS) is 20.9. The van der Waals surface area contributed by atoms with Crippen LogP contribution in [0.4, 0.5) is 0 Å². The fraction of sp³-hybridized carbons (Fsp3) is 0.304. The molecule has 1 aliphatic heterocycles. The smallest absolute Gasteiger partial charge is 0.219 e. The first-order valence-corrected chi connectivity index (χ1v) is 9.77. The van der Waals surface area contributed by atoms with Gasteiger partial charge in [0.2, 0.25) is 11.5 Å². The average molecular weight is 459 g/mol. The molecule has 2 aromatic rings. The van der Waals surface area contributed by atoms with Gasteiger partial charge in [-0.05, 0) is 40.5 Å². The summed E-state index contributed by atoms with van der Waals surface area (Å²) < 4.78 is 0. The van der Waals surface area contributed by atoms with E-state index in [1.165, 1.54) is 11.1 Å². The Morgan fingerprint density at radius 3 is 2.29 bits per heavy atom. The number of guanidine groups is 1. The number of aryl methyl sites for hydroxylation is 1. The fourth-order valence-electron chi connectivity index (χ4n) is 3.93. The van der Waals surface area contributed by atoms with E-state index in [4.69, 9.17) is 21.9 Å². The summed E-state index contributed by atoms with van der Waals surface area (Å²) in [5.41, 5.74) is 16.0. The van der Waals surface area contributed by atoms with Crippen molar-refractivity contribution in [3.05, 3.63) is 70.8 Å². The molecule has 0 fully saturated rings. The highest BCUT2D eigenvalue weighted by atomic mass is 35.5. The zero-order valence-electron chi connectivity index (χ0n) is 17.8. The van der Waals surface area contributed by atoms with Crippen molar-refractivity contribution in [2.45, 2.75) is 44.6 Å². The largest absolute Gasteiger partial charge is 0.385 e. The summed E-state index contributed by atoms with van der Waals surface area (Å²) in [4.78, 5) is 13.7. The maximum absolute atomic E-state index is 8.36. The number of nitrogens with zero attached hydrogens (tertiary/aromatic N) is 3. The van der Waals surface area contributed by atoms with Gasteiger partial charge in [-0.3, -0.25) is 5.41 Å². The van der Waals surface area contributed by atoms with E-state index in [2.05, 4.69) is 42.9 Å². The Kier molecular flexibility index (Phi) is 6.98. The molecule has 1 aliphatic carbocycles. The van der Waals surface area contributed by atoms with Crippen LogP contribution in [0.25, 0.3) is 0 Å². The van der Waals surface area contributed by atoms with Crippen LogP contribution in [0.3, 0.4) is 0 Å². The van der Waals surface area contributed by atoms with Gasteiger partial charge < -0.3 is 11.5 Å². The molecule has 1 heterocycles. The molecule has 4 rings (SSSR count). The minimum atomic E-state index is -1.29. The van der Waals surface area contributed by atoms with Gasteiger partial charge in [-0.15, -0.1) is 24.8 Å². The predicted octanol–water partition coefficient (Wildman–Crippen LogP) is 4.12. The quantitative estimate of drug-likeness (QED) is 0.463. The molecule has 5 N–H and O–H groups in total. The molecule has 0 saturated carbocycles. The third-order valence-corrected chi connectivity index (χ3v) is 5.59. The lowest BCUT2D eigenvalue weighted by atomic mass is 9.83. The van der Waals surface area contributed by atoms with E-state index in [9.17, 15) is 0 Å². The molecule has 8 heteroatoms. The Morgan fingerprint density at radius 1 is 1.03 bits per heavy atom. The standard InChI is InChI=1S/C23H26N6.2ClH/c1-22(2,3)15-9-11-16(12-10-15)23(19(24)25)20(28-21(26)29-23)27-18-13-8-14-6-4-5-7-17(14)18;;/h4-7,9-12H,8,13H2,1-3H3,(H3,24,25)(H2,26,29);2*1H. The van der Waals surface area contributed by atoms with E-state index in [-0.39, 0.29) is 42.0 Å². The number of nitrogens with two attached hydrogens (primary N) is 2. The van der Waals surface area contributed by atoms with E-state index in [1.807, 2.05) is 36.4 Å². The highest BCUT2D eigenvalue weighted by Crippen LogP contribution is 2.35. The first-order chi connectivity index (χ1) is 13.7. The molecule has 0 saturated heterocycles. The SMILES string of the molecule is CC(C)(C)c1ccc(C2(C(=N)N)N=C(N)N=C2N=C2CCc3ccccc32)cc1.Cl.Cl. The van der Waals surface area contributed by atoms with E-state index in [0.717, 1.165) is 29.7 Å². The van der Waals surface area contributed by atoms with Gasteiger partial charge in [-0.2, -0.15) is 4.99 Å². The second kappa shape index (κ2) is 8.81. The van der Waals surface area contributed by atoms with Gasteiger partial charge in [0.15, 0.2) is 5.84 Å². The molecule has 1 unspecified atom stereocenters. The molecule has 0 aromatic heterocycles. The summed E-state index contributed by atoms with van der Waals surface area (Å²) in [6, 6.07) is 16.2. The molecular formula is C23H28Cl2N6. The summed E-state index contributed by atoms with van der Waals surface area (Å²) in [6.45, 7) is 6.47. The zero-order valence-corrected chi connectivity index (χ0v) is 19.5. The van der Waals surface area contributed by atoms with E-state index in [0.29, 0.717) is 5.84 Å². The number of amidine groups is 2. The Morgan fingerprint density at radius 2 is 1.68 bits per heavy atom. The number of nitrogens with one attached hydrogen (secondary N) is 1. The van der Waals surface area contributed by atoms with Gasteiger partial charge in [0.05, 0.1) is 5.71 Å². The van der Waals surface area contributed by atoms with Gasteiger partial charge in [0.1, 0.15) is 5.84 Å². The minimum absolute atomic E-state index is 0. The fourth-order valence-corrected chi connectivity index (χ4v) is 3.93. The highest BCUT2D eigenvalue weighted by Gasteiger charge is 2.46. The highest BCUT2D eigenvalue weighted by molar-refractivity contribution is 6.24. The van der Waals surface area contributed by atoms with Crippen LogP contribution >= 0.6 is 24.8 Å². The number of aliphatic imine (C=N–C) groups is 3. The number of hydrogen-bond acceptors (Lipinski definition) is 5. The Labute approximate surface area is 195 Å². The zero-order chi connectivity index (χ0) is 20.8. The van der Waals surface area contributed by atoms with E-state index >= 15 is 0 Å². The van der Waals surface area contributed by atoms with E-state index < -0.39 is 5.54 Å². The first-order valence-electron chi connectivity index (χ1n) is 9.77. The molecule has 31 heavy (non-hydrogen) atoms. The minimum Gasteiger partial charge on any atom is -0.385 e. The van der Waals surface area contributed by atoms with E-state index in [1.54, 1.807) is 0 Å². The van der Waals surface area contributed by atoms with Crippen LogP contribution in [0.2, 0.25) is 0 Å². The number of fused-ring (bicyclic) bond motifs is 1. The van der Waals surface area contributed by atoms with Crippen molar-refractivity contribution in [1.29, 1.82) is 5.41 Å². The van der Waals surface area contributed by atoms with Crippen LogP contribution < -0.4 is 11.5 Å². The number of halogens is 2. The monoisotopic (exact) mass is 458 g/mol. The van der Waals surface area contributed by atoms with Crippen molar-refractivity contribution < 1.29 is 0 Å². The number of hydrogen-bond donors (Lipinski definition) is 3. The van der Waals surface area contributed by atoms with Crippen LogP contribution in [-0.4, -0.2) is 23.3 Å². The summed E-state index contributed by atoms with van der Waals surface area (Å²) in [5.74, 6) is 0.305. The molecule has 0 bridgehead atoms. The van der Waals surface area contributed by atoms with Crippen LogP contribution in [0.1, 0.15) is 49.4 Å². The summed E-state index contributed by atoms with van der Waals surface area (Å²) in [6.07, 6.45) is 1.75. The molecular weight excluding hydrogens is 431 g/mol.